The molecule has 10 nitrogen and oxygen atoms in total. The molecule has 0 saturated heterocycles. The maximum absolute atomic E-state index is 13.1. The van der Waals surface area contributed by atoms with E-state index in [0.29, 0.717) is 17.2 Å². The first-order chi connectivity index (χ1) is 16.2. The molecule has 0 unspecified atom stereocenters. The van der Waals surface area contributed by atoms with Crippen LogP contribution in [0.25, 0.3) is 11.3 Å². The number of carbonyl (C=O) groups is 1. The minimum Gasteiger partial charge on any atom is -0.497 e. The highest BCUT2D eigenvalue weighted by atomic mass is 32.2. The van der Waals surface area contributed by atoms with Crippen LogP contribution in [0.5, 0.6) is 17.2 Å². The minimum absolute atomic E-state index is 0.104. The molecule has 12 heteroatoms. The molecule has 0 fully saturated rings. The lowest BCUT2D eigenvalue weighted by Gasteiger charge is -2.19. The second kappa shape index (κ2) is 10.7. The van der Waals surface area contributed by atoms with Gasteiger partial charge < -0.3 is 24.8 Å². The van der Waals surface area contributed by atoms with Gasteiger partial charge in [0.15, 0.2) is 5.13 Å². The van der Waals surface area contributed by atoms with E-state index in [-0.39, 0.29) is 10.6 Å². The number of hydrogen-bond acceptors (Lipinski definition) is 9. The number of nitrogens with one attached hydrogen (secondary N) is 2. The summed E-state index contributed by atoms with van der Waals surface area (Å²) in [7, 11) is 3.34. The predicted molar refractivity (Wildman–Crippen MR) is 132 cm³/mol. The Morgan fingerprint density at radius 3 is 2.38 bits per heavy atom. The van der Waals surface area contributed by atoms with Crippen molar-refractivity contribution in [3.8, 4) is 28.5 Å². The van der Waals surface area contributed by atoms with E-state index < -0.39 is 22.5 Å². The summed E-state index contributed by atoms with van der Waals surface area (Å²) < 4.78 is 42.9. The Morgan fingerprint density at radius 1 is 1.06 bits per heavy atom. The van der Waals surface area contributed by atoms with Gasteiger partial charge in [0, 0.05) is 31.1 Å². The van der Waals surface area contributed by atoms with Gasteiger partial charge >= 0.3 is 0 Å². The van der Waals surface area contributed by atoms with Crippen molar-refractivity contribution in [3.05, 3.63) is 41.8 Å². The van der Waals surface area contributed by atoms with E-state index in [9.17, 15) is 13.2 Å². The van der Waals surface area contributed by atoms with E-state index >= 15 is 0 Å². The van der Waals surface area contributed by atoms with Crippen molar-refractivity contribution < 1.29 is 27.4 Å². The monoisotopic (exact) mass is 506 g/mol. The van der Waals surface area contributed by atoms with E-state index in [4.69, 9.17) is 14.2 Å². The number of ether oxygens (including phenoxy) is 3. The number of amides is 1. The van der Waals surface area contributed by atoms with Crippen molar-refractivity contribution >= 4 is 38.1 Å². The maximum Gasteiger partial charge on any atom is 0.247 e. The molecule has 0 aliphatic carbocycles. The fourth-order valence-corrected chi connectivity index (χ4v) is 5.09. The number of anilines is 2. The Morgan fingerprint density at radius 2 is 1.76 bits per heavy atom. The third-order valence-electron chi connectivity index (χ3n) is 4.91. The highest BCUT2D eigenvalue weighted by Crippen LogP contribution is 2.33. The topological polar surface area (TPSA) is 119 Å². The molecule has 0 radical (unpaired) electrons. The highest BCUT2D eigenvalue weighted by molar-refractivity contribution is 7.89. The van der Waals surface area contributed by atoms with Crippen molar-refractivity contribution in [2.75, 3.05) is 52.6 Å². The highest BCUT2D eigenvalue weighted by Gasteiger charge is 2.27. The van der Waals surface area contributed by atoms with E-state index in [0.717, 1.165) is 20.7 Å². The number of aromatic nitrogens is 1. The number of benzene rings is 2. The Balaban J connectivity index is 1.82. The third-order valence-corrected chi connectivity index (χ3v) is 7.60. The van der Waals surface area contributed by atoms with Crippen molar-refractivity contribution in [3.63, 3.8) is 0 Å². The molecule has 3 rings (SSSR count). The van der Waals surface area contributed by atoms with Crippen molar-refractivity contribution in [2.45, 2.75) is 4.90 Å². The Kier molecular flexibility index (Phi) is 7.97. The predicted octanol–water partition coefficient (Wildman–Crippen LogP) is 3.14. The Hall–Kier alpha value is -3.35. The zero-order valence-electron chi connectivity index (χ0n) is 19.4. The van der Waals surface area contributed by atoms with E-state index in [2.05, 4.69) is 15.6 Å². The first-order valence-electron chi connectivity index (χ1n) is 10.0. The molecule has 0 aliphatic heterocycles. The lowest BCUT2D eigenvalue weighted by molar-refractivity contribution is -0.116. The summed E-state index contributed by atoms with van der Waals surface area (Å²) >= 11 is 1.46. The van der Waals surface area contributed by atoms with Crippen LogP contribution in [0.4, 0.5) is 10.8 Å². The molecule has 34 heavy (non-hydrogen) atoms. The van der Waals surface area contributed by atoms with Gasteiger partial charge in [0.2, 0.25) is 15.9 Å². The minimum atomic E-state index is -4.05. The number of nitrogens with zero attached hydrogens (tertiary/aromatic N) is 2. The van der Waals surface area contributed by atoms with Crippen molar-refractivity contribution in [1.29, 1.82) is 0 Å². The van der Waals surface area contributed by atoms with Crippen LogP contribution in [0, 0.1) is 0 Å². The van der Waals surface area contributed by atoms with E-state index in [1.165, 1.54) is 51.8 Å². The molecule has 182 valence electrons. The lowest BCUT2D eigenvalue weighted by atomic mass is 10.1. The molecule has 0 bridgehead atoms. The second-order valence-electron chi connectivity index (χ2n) is 7.03. The average Bonchev–Trinajstić information content (AvgIpc) is 3.32. The molecule has 2 aromatic carbocycles. The molecule has 0 spiro atoms. The molecule has 1 heterocycles. The number of carbonyl (C=O) groups excluding carboxylic acids is 1. The molecule has 2 N–H and O–H groups in total. The Labute approximate surface area is 202 Å². The van der Waals surface area contributed by atoms with Crippen LogP contribution in [0.2, 0.25) is 0 Å². The van der Waals surface area contributed by atoms with Crippen LogP contribution in [-0.4, -0.2) is 65.6 Å². The normalized spacial score (nSPS) is 11.2. The van der Waals surface area contributed by atoms with Gasteiger partial charge in [0.05, 0.1) is 39.3 Å². The second-order valence-corrected chi connectivity index (χ2v) is 9.90. The molecular formula is C22H26N4O6S2. The molecule has 0 aliphatic rings. The number of hydrogen-bond donors (Lipinski definition) is 2. The van der Waals surface area contributed by atoms with Crippen LogP contribution in [0.1, 0.15) is 0 Å². The first-order valence-corrected chi connectivity index (χ1v) is 12.3. The fraction of sp³-hybridized carbons (Fsp3) is 0.273. The molecule has 0 saturated carbocycles. The quantitative estimate of drug-likeness (QED) is 0.431. The number of thiazole rings is 1. The molecule has 3 aromatic rings. The zero-order chi connectivity index (χ0) is 24.9. The van der Waals surface area contributed by atoms with E-state index in [1.807, 2.05) is 11.4 Å². The van der Waals surface area contributed by atoms with Crippen LogP contribution < -0.4 is 24.8 Å². The number of rotatable bonds is 10. The van der Waals surface area contributed by atoms with Gasteiger partial charge in [-0.25, -0.2) is 13.4 Å². The van der Waals surface area contributed by atoms with Crippen LogP contribution >= 0.6 is 11.3 Å². The molecule has 0 atom stereocenters. The standard InChI is InChI=1S/C22H26N4O6S2/c1-23-22-25-17(13-33-22)14-6-8-18(31-4)16(10-14)24-21(27)12-26(2)34(28,29)20-11-15(30-3)7-9-19(20)32-5/h6-11,13H,12H2,1-5H3,(H,23,25)(H,24,27). The Bertz CT molecular complexity index is 1280. The van der Waals surface area contributed by atoms with Gasteiger partial charge in [-0.1, -0.05) is 0 Å². The summed E-state index contributed by atoms with van der Waals surface area (Å²) in [6.07, 6.45) is 0. The summed E-state index contributed by atoms with van der Waals surface area (Å²) in [5.41, 5.74) is 1.90. The van der Waals surface area contributed by atoms with Crippen LogP contribution in [-0.2, 0) is 14.8 Å². The van der Waals surface area contributed by atoms with Gasteiger partial charge in [0.25, 0.3) is 0 Å². The summed E-state index contributed by atoms with van der Waals surface area (Å²) in [4.78, 5) is 17.2. The van der Waals surface area contributed by atoms with Crippen LogP contribution in [0.15, 0.2) is 46.7 Å². The summed E-state index contributed by atoms with van der Waals surface area (Å²) in [5.74, 6) is 0.382. The van der Waals surface area contributed by atoms with E-state index in [1.54, 1.807) is 25.2 Å². The number of likely N-dealkylation sites (N-methyl/N-ethyl adjacent to an activating group) is 1. The SMILES string of the molecule is CNc1nc(-c2ccc(OC)c(NC(=O)CN(C)S(=O)(=O)c3cc(OC)ccc3OC)c2)cs1. The fourth-order valence-electron chi connectivity index (χ4n) is 3.12. The van der Waals surface area contributed by atoms with Gasteiger partial charge in [-0.05, 0) is 30.3 Å². The lowest BCUT2D eigenvalue weighted by Crippen LogP contribution is -2.35. The van der Waals surface area contributed by atoms with Crippen molar-refractivity contribution in [2.24, 2.45) is 0 Å². The third kappa shape index (κ3) is 5.41. The number of methoxy groups -OCH3 is 3. The summed E-state index contributed by atoms with van der Waals surface area (Å²) in [6.45, 7) is -0.434. The van der Waals surface area contributed by atoms with Gasteiger partial charge in [0.1, 0.15) is 22.1 Å². The molecular weight excluding hydrogens is 480 g/mol. The van der Waals surface area contributed by atoms with Crippen molar-refractivity contribution in [1.82, 2.24) is 9.29 Å². The van der Waals surface area contributed by atoms with Gasteiger partial charge in [-0.3, -0.25) is 4.79 Å². The molecule has 1 aromatic heterocycles. The first kappa shape index (κ1) is 25.3. The largest absolute Gasteiger partial charge is 0.497 e. The van der Waals surface area contributed by atoms with Gasteiger partial charge in [-0.2, -0.15) is 4.31 Å². The smallest absolute Gasteiger partial charge is 0.247 e. The number of sulfonamides is 1. The summed E-state index contributed by atoms with van der Waals surface area (Å²) in [5, 5.41) is 8.37. The maximum atomic E-state index is 13.1. The average molecular weight is 507 g/mol. The van der Waals surface area contributed by atoms with Gasteiger partial charge in [-0.15, -0.1) is 11.3 Å². The molecule has 1 amide bonds. The summed E-state index contributed by atoms with van der Waals surface area (Å²) in [6, 6.07) is 9.70. The van der Waals surface area contributed by atoms with Crippen LogP contribution in [0.3, 0.4) is 0 Å². The zero-order valence-corrected chi connectivity index (χ0v) is 21.0.